The van der Waals surface area contributed by atoms with Crippen LogP contribution in [-0.2, 0) is 20.7 Å². The van der Waals surface area contributed by atoms with Gasteiger partial charge in [0, 0.05) is 31.2 Å². The minimum atomic E-state index is -0.631. The van der Waals surface area contributed by atoms with E-state index in [1.54, 1.807) is 19.9 Å². The van der Waals surface area contributed by atoms with Gasteiger partial charge in [-0.1, -0.05) is 68.5 Å². The second-order valence-electron chi connectivity index (χ2n) is 9.70. The zero-order valence-electron chi connectivity index (χ0n) is 21.4. The number of ether oxygens (including phenoxy) is 1. The second kappa shape index (κ2) is 15.5. The van der Waals surface area contributed by atoms with Crippen LogP contribution >= 0.6 is 0 Å². The maximum atomic E-state index is 12.3. The highest BCUT2D eigenvalue weighted by atomic mass is 16.5. The van der Waals surface area contributed by atoms with Gasteiger partial charge in [-0.25, -0.2) is 0 Å². The second-order valence-corrected chi connectivity index (χ2v) is 9.70. The summed E-state index contributed by atoms with van der Waals surface area (Å²) in [4.78, 5) is 23.8. The summed E-state index contributed by atoms with van der Waals surface area (Å²) in [6.07, 6.45) is 10.7. The number of esters is 1. The number of nitrogens with one attached hydrogen (secondary N) is 1. The Hall–Kier alpha value is -2.44. The quantitative estimate of drug-likeness (QED) is 0.207. The highest BCUT2D eigenvalue weighted by Gasteiger charge is 2.42. The third kappa shape index (κ3) is 10.4. The summed E-state index contributed by atoms with van der Waals surface area (Å²) in [5.41, 5.74) is 1.18. The first kappa shape index (κ1) is 28.8. The van der Waals surface area contributed by atoms with E-state index >= 15 is 0 Å². The Morgan fingerprint density at radius 3 is 2.63 bits per heavy atom. The summed E-state index contributed by atoms with van der Waals surface area (Å²) in [6.45, 7) is 6.16. The minimum Gasteiger partial charge on any atom is -0.462 e. The van der Waals surface area contributed by atoms with Crippen LogP contribution in [-0.4, -0.2) is 46.9 Å². The van der Waals surface area contributed by atoms with E-state index in [1.165, 1.54) is 5.56 Å². The predicted molar refractivity (Wildman–Crippen MR) is 139 cm³/mol. The van der Waals surface area contributed by atoms with E-state index in [0.717, 1.165) is 19.3 Å². The number of hydrogen-bond donors (Lipinski definition) is 3. The molecular weight excluding hydrogens is 442 g/mol. The summed E-state index contributed by atoms with van der Waals surface area (Å²) in [5.74, 6) is -0.689. The highest BCUT2D eigenvalue weighted by molar-refractivity contribution is 5.75. The Morgan fingerprint density at radius 2 is 1.94 bits per heavy atom. The van der Waals surface area contributed by atoms with Crippen LogP contribution in [0, 0.1) is 17.8 Å². The fourth-order valence-corrected chi connectivity index (χ4v) is 4.45. The number of unbranched alkanes of at least 4 members (excludes halogenated alkanes) is 1. The third-order valence-electron chi connectivity index (χ3n) is 6.48. The van der Waals surface area contributed by atoms with Crippen LogP contribution in [0.25, 0.3) is 0 Å². The molecule has 2 rings (SSSR count). The van der Waals surface area contributed by atoms with E-state index in [4.69, 9.17) is 4.74 Å². The summed E-state index contributed by atoms with van der Waals surface area (Å²) >= 11 is 0. The van der Waals surface area contributed by atoms with Gasteiger partial charge in [0.2, 0.25) is 5.91 Å². The molecule has 0 aromatic heterocycles. The van der Waals surface area contributed by atoms with Crippen molar-refractivity contribution in [1.82, 2.24) is 5.32 Å². The van der Waals surface area contributed by atoms with Crippen LogP contribution in [0.3, 0.4) is 0 Å². The molecule has 0 unspecified atom stereocenters. The third-order valence-corrected chi connectivity index (χ3v) is 6.48. The summed E-state index contributed by atoms with van der Waals surface area (Å²) in [5, 5.41) is 24.0. The lowest BCUT2D eigenvalue weighted by Gasteiger charge is -2.23. The topological polar surface area (TPSA) is 95.9 Å². The Labute approximate surface area is 210 Å². The lowest BCUT2D eigenvalue weighted by Crippen LogP contribution is -2.27. The molecule has 6 nitrogen and oxygen atoms in total. The first-order valence-electron chi connectivity index (χ1n) is 13.0. The first-order valence-corrected chi connectivity index (χ1v) is 13.0. The number of carbonyl (C=O) groups excluding carboxylic acids is 2. The summed E-state index contributed by atoms with van der Waals surface area (Å²) in [6, 6.07) is 10.0. The van der Waals surface area contributed by atoms with Crippen LogP contribution in [0.5, 0.6) is 0 Å². The van der Waals surface area contributed by atoms with Crippen molar-refractivity contribution in [1.29, 1.82) is 0 Å². The number of aliphatic hydroxyl groups excluding tert-OH is 2. The summed E-state index contributed by atoms with van der Waals surface area (Å²) < 4.78 is 5.75. The molecular formula is C29H43NO5. The van der Waals surface area contributed by atoms with Crippen LogP contribution in [0.4, 0.5) is 0 Å². The number of allylic oxidation sites excluding steroid dienone is 2. The molecule has 0 aliphatic heterocycles. The van der Waals surface area contributed by atoms with Crippen LogP contribution < -0.4 is 5.32 Å². The van der Waals surface area contributed by atoms with Crippen molar-refractivity contribution in [3.8, 4) is 0 Å². The standard InChI is InChI=1S/C29H43NO5/c1-4-30-28(33)15-11-6-5-10-14-25-24(26(32)20-27(25)35-29(34)21(2)3)19-18-23(31)17-16-22-12-8-7-9-13-22/h5,7-10,12-13,18-19,21,23-27,31-32H,4,6,11,14-17,20H2,1-3H3,(H,30,33)/t23-,24+,25+,26+,27-/m0/s1. The highest BCUT2D eigenvalue weighted by Crippen LogP contribution is 2.38. The fraction of sp³-hybridized carbons (Fsp3) is 0.586. The molecule has 0 bridgehead atoms. The Bertz CT molecular complexity index is 820. The molecule has 1 aliphatic rings. The lowest BCUT2D eigenvalue weighted by atomic mass is 9.89. The van der Waals surface area contributed by atoms with Crippen molar-refractivity contribution in [3.63, 3.8) is 0 Å². The molecule has 1 amide bonds. The van der Waals surface area contributed by atoms with Gasteiger partial charge in [0.25, 0.3) is 0 Å². The van der Waals surface area contributed by atoms with E-state index in [0.29, 0.717) is 32.2 Å². The number of amides is 1. The van der Waals surface area contributed by atoms with Crippen LogP contribution in [0.15, 0.2) is 54.6 Å². The molecule has 6 heteroatoms. The molecule has 1 aliphatic carbocycles. The van der Waals surface area contributed by atoms with E-state index in [1.807, 2.05) is 43.3 Å². The SMILES string of the molecule is CCNC(=O)CCCC=CC[C@@H]1[C@@H](C=C[C@@H](O)CCc2ccccc2)[C@H](O)C[C@@H]1OC(=O)C(C)C. The van der Waals surface area contributed by atoms with Gasteiger partial charge in [0.05, 0.1) is 18.1 Å². The first-order chi connectivity index (χ1) is 16.8. The van der Waals surface area contributed by atoms with Gasteiger partial charge < -0.3 is 20.3 Å². The Balaban J connectivity index is 1.97. The van der Waals surface area contributed by atoms with Gasteiger partial charge in [-0.2, -0.15) is 0 Å². The number of rotatable bonds is 14. The van der Waals surface area contributed by atoms with Gasteiger partial charge in [-0.3, -0.25) is 9.59 Å². The smallest absolute Gasteiger partial charge is 0.308 e. The minimum absolute atomic E-state index is 0.0649. The normalized spacial score (nSPS) is 23.3. The maximum Gasteiger partial charge on any atom is 0.308 e. The average molecular weight is 486 g/mol. The number of benzene rings is 1. The molecule has 1 saturated carbocycles. The summed E-state index contributed by atoms with van der Waals surface area (Å²) in [7, 11) is 0. The zero-order chi connectivity index (χ0) is 25.6. The van der Waals surface area contributed by atoms with Crippen LogP contribution in [0.1, 0.15) is 64.9 Å². The number of hydrogen-bond acceptors (Lipinski definition) is 5. The van der Waals surface area contributed by atoms with Crippen molar-refractivity contribution in [2.75, 3.05) is 6.54 Å². The van der Waals surface area contributed by atoms with E-state index in [2.05, 4.69) is 17.5 Å². The average Bonchev–Trinajstić information content (AvgIpc) is 3.12. The molecule has 35 heavy (non-hydrogen) atoms. The largest absolute Gasteiger partial charge is 0.462 e. The van der Waals surface area contributed by atoms with Crippen LogP contribution in [0.2, 0.25) is 0 Å². The molecule has 0 saturated heterocycles. The van der Waals surface area contributed by atoms with Gasteiger partial charge in [-0.15, -0.1) is 0 Å². The molecule has 1 aromatic carbocycles. The Morgan fingerprint density at radius 1 is 1.20 bits per heavy atom. The predicted octanol–water partition coefficient (Wildman–Crippen LogP) is 4.35. The van der Waals surface area contributed by atoms with Crippen molar-refractivity contribution in [3.05, 3.63) is 60.2 Å². The maximum absolute atomic E-state index is 12.3. The monoisotopic (exact) mass is 485 g/mol. The Kier molecular flexibility index (Phi) is 12.8. The zero-order valence-corrected chi connectivity index (χ0v) is 21.4. The number of carbonyl (C=O) groups is 2. The van der Waals surface area contributed by atoms with Crippen molar-refractivity contribution in [2.45, 2.75) is 84.0 Å². The van der Waals surface area contributed by atoms with Crippen molar-refractivity contribution >= 4 is 11.9 Å². The van der Waals surface area contributed by atoms with Gasteiger partial charge >= 0.3 is 5.97 Å². The molecule has 0 heterocycles. The molecule has 1 fully saturated rings. The molecule has 0 spiro atoms. The van der Waals surface area contributed by atoms with Gasteiger partial charge in [0.1, 0.15) is 6.10 Å². The van der Waals surface area contributed by atoms with Crippen molar-refractivity contribution < 1.29 is 24.5 Å². The van der Waals surface area contributed by atoms with E-state index in [9.17, 15) is 19.8 Å². The van der Waals surface area contributed by atoms with E-state index in [-0.39, 0.29) is 35.7 Å². The fourth-order valence-electron chi connectivity index (χ4n) is 4.45. The lowest BCUT2D eigenvalue weighted by molar-refractivity contribution is -0.154. The molecule has 194 valence electrons. The number of aliphatic hydroxyl groups is 2. The van der Waals surface area contributed by atoms with Gasteiger partial charge in [0.15, 0.2) is 0 Å². The molecule has 5 atom stereocenters. The van der Waals surface area contributed by atoms with Crippen molar-refractivity contribution in [2.24, 2.45) is 17.8 Å². The molecule has 1 aromatic rings. The molecule has 0 radical (unpaired) electrons. The van der Waals surface area contributed by atoms with E-state index < -0.39 is 12.2 Å². The number of aryl methyl sites for hydroxylation is 1. The molecule has 3 N–H and O–H groups in total. The van der Waals surface area contributed by atoms with Gasteiger partial charge in [-0.05, 0) is 44.6 Å².